The molecule has 0 spiro atoms. The summed E-state index contributed by atoms with van der Waals surface area (Å²) in [5.74, 6) is 0.399. The Balaban J connectivity index is 2.06. The largest absolute Gasteiger partial charge is 0.370 e. The highest BCUT2D eigenvalue weighted by Crippen LogP contribution is 2.16. The second-order valence-electron chi connectivity index (χ2n) is 5.44. The molecule has 0 amide bonds. The Morgan fingerprint density at radius 2 is 2.11 bits per heavy atom. The van der Waals surface area contributed by atoms with E-state index in [4.69, 9.17) is 0 Å². The SMILES string of the molecule is CNCC(C)Cn1ncc(N2CCCCC2)cc1=O. The lowest BCUT2D eigenvalue weighted by atomic mass is 10.1. The van der Waals surface area contributed by atoms with Gasteiger partial charge in [0.05, 0.1) is 11.9 Å². The van der Waals surface area contributed by atoms with E-state index in [1.165, 1.54) is 19.3 Å². The van der Waals surface area contributed by atoms with Crippen LogP contribution in [0.2, 0.25) is 0 Å². The van der Waals surface area contributed by atoms with Crippen molar-refractivity contribution in [3.05, 3.63) is 22.6 Å². The van der Waals surface area contributed by atoms with Crippen LogP contribution in [-0.4, -0.2) is 36.5 Å². The topological polar surface area (TPSA) is 50.2 Å². The highest BCUT2D eigenvalue weighted by Gasteiger charge is 2.13. The lowest BCUT2D eigenvalue weighted by molar-refractivity contribution is 0.421. The predicted octanol–water partition coefficient (Wildman–Crippen LogP) is 1.09. The van der Waals surface area contributed by atoms with Crippen LogP contribution in [0.25, 0.3) is 0 Å². The molecule has 0 bridgehead atoms. The normalized spacial score (nSPS) is 17.5. The molecule has 5 nitrogen and oxygen atoms in total. The molecule has 1 saturated heterocycles. The van der Waals surface area contributed by atoms with Crippen LogP contribution in [0.5, 0.6) is 0 Å². The van der Waals surface area contributed by atoms with E-state index in [1.807, 2.05) is 13.2 Å². The molecule has 1 aliphatic rings. The number of piperidine rings is 1. The van der Waals surface area contributed by atoms with E-state index in [1.54, 1.807) is 10.7 Å². The Kier molecular flexibility index (Phi) is 4.96. The van der Waals surface area contributed by atoms with Crippen LogP contribution < -0.4 is 15.8 Å². The van der Waals surface area contributed by atoms with E-state index in [-0.39, 0.29) is 5.56 Å². The van der Waals surface area contributed by atoms with Crippen molar-refractivity contribution in [3.8, 4) is 0 Å². The zero-order valence-electron chi connectivity index (χ0n) is 11.9. The van der Waals surface area contributed by atoms with Gasteiger partial charge in [-0.05, 0) is 38.8 Å². The maximum absolute atomic E-state index is 12.1. The zero-order valence-corrected chi connectivity index (χ0v) is 11.9. The van der Waals surface area contributed by atoms with Crippen LogP contribution in [-0.2, 0) is 6.54 Å². The summed E-state index contributed by atoms with van der Waals surface area (Å²) in [6.07, 6.45) is 5.55. The first kappa shape index (κ1) is 14.1. The first-order valence-electron chi connectivity index (χ1n) is 7.17. The molecule has 0 radical (unpaired) electrons. The highest BCUT2D eigenvalue weighted by molar-refractivity contribution is 5.43. The maximum Gasteiger partial charge on any atom is 0.268 e. The van der Waals surface area contributed by atoms with Gasteiger partial charge in [-0.1, -0.05) is 6.92 Å². The smallest absolute Gasteiger partial charge is 0.268 e. The van der Waals surface area contributed by atoms with E-state index in [2.05, 4.69) is 22.2 Å². The van der Waals surface area contributed by atoms with Crippen molar-refractivity contribution >= 4 is 5.69 Å². The molecule has 1 aromatic rings. The van der Waals surface area contributed by atoms with Crippen molar-refractivity contribution in [2.45, 2.75) is 32.7 Å². The Bertz CT molecular complexity index is 451. The molecule has 1 aromatic heterocycles. The Morgan fingerprint density at radius 1 is 1.37 bits per heavy atom. The summed E-state index contributed by atoms with van der Waals surface area (Å²) in [5.41, 5.74) is 0.980. The first-order chi connectivity index (χ1) is 9.20. The third-order valence-corrected chi connectivity index (χ3v) is 3.61. The van der Waals surface area contributed by atoms with Gasteiger partial charge in [-0.3, -0.25) is 4.79 Å². The Hall–Kier alpha value is -1.36. The Labute approximate surface area is 114 Å². The average molecular weight is 264 g/mol. The fourth-order valence-corrected chi connectivity index (χ4v) is 2.59. The van der Waals surface area contributed by atoms with E-state index >= 15 is 0 Å². The second kappa shape index (κ2) is 6.70. The van der Waals surface area contributed by atoms with Gasteiger partial charge in [0.1, 0.15) is 0 Å². The minimum absolute atomic E-state index is 0.00558. The third kappa shape index (κ3) is 3.80. The van der Waals surface area contributed by atoms with E-state index in [9.17, 15) is 4.79 Å². The quantitative estimate of drug-likeness (QED) is 0.865. The summed E-state index contributed by atoms with van der Waals surface area (Å²) >= 11 is 0. The van der Waals surface area contributed by atoms with Gasteiger partial charge < -0.3 is 10.2 Å². The molecule has 106 valence electrons. The van der Waals surface area contributed by atoms with Gasteiger partial charge >= 0.3 is 0 Å². The summed E-state index contributed by atoms with van der Waals surface area (Å²) in [5, 5.41) is 7.43. The molecule has 1 unspecified atom stereocenters. The zero-order chi connectivity index (χ0) is 13.7. The summed E-state index contributed by atoms with van der Waals surface area (Å²) in [4.78, 5) is 14.3. The van der Waals surface area contributed by atoms with E-state index < -0.39 is 0 Å². The van der Waals surface area contributed by atoms with Gasteiger partial charge in [-0.25, -0.2) is 4.68 Å². The van der Waals surface area contributed by atoms with Crippen LogP contribution >= 0.6 is 0 Å². The molecule has 1 fully saturated rings. The lowest BCUT2D eigenvalue weighted by Crippen LogP contribution is -2.33. The fraction of sp³-hybridized carbons (Fsp3) is 0.714. The average Bonchev–Trinajstić information content (AvgIpc) is 2.42. The number of aromatic nitrogens is 2. The van der Waals surface area contributed by atoms with Gasteiger partial charge in [-0.2, -0.15) is 5.10 Å². The summed E-state index contributed by atoms with van der Waals surface area (Å²) in [6, 6.07) is 1.73. The van der Waals surface area contributed by atoms with Gasteiger partial charge in [-0.15, -0.1) is 0 Å². The first-order valence-corrected chi connectivity index (χ1v) is 7.17. The number of nitrogens with one attached hydrogen (secondary N) is 1. The minimum Gasteiger partial charge on any atom is -0.370 e. The third-order valence-electron chi connectivity index (χ3n) is 3.61. The standard InChI is InChI=1S/C14H24N4O/c1-12(9-15-2)11-18-14(19)8-13(10-16-18)17-6-4-3-5-7-17/h8,10,12,15H,3-7,9,11H2,1-2H3. The number of nitrogens with zero attached hydrogens (tertiary/aromatic N) is 3. The fourth-order valence-electron chi connectivity index (χ4n) is 2.59. The number of hydrogen-bond donors (Lipinski definition) is 1. The monoisotopic (exact) mass is 264 g/mol. The number of rotatable bonds is 5. The highest BCUT2D eigenvalue weighted by atomic mass is 16.1. The molecule has 2 heterocycles. The summed E-state index contributed by atoms with van der Waals surface area (Å²) in [6.45, 7) is 5.76. The van der Waals surface area contributed by atoms with E-state index in [0.717, 1.165) is 25.3 Å². The lowest BCUT2D eigenvalue weighted by Gasteiger charge is -2.28. The molecule has 0 aliphatic carbocycles. The molecular formula is C14H24N4O. The summed E-state index contributed by atoms with van der Waals surface area (Å²) in [7, 11) is 1.92. The number of anilines is 1. The van der Waals surface area contributed by atoms with Crippen molar-refractivity contribution in [1.82, 2.24) is 15.1 Å². The van der Waals surface area contributed by atoms with Gasteiger partial charge in [0.2, 0.25) is 0 Å². The molecule has 1 N–H and O–H groups in total. The van der Waals surface area contributed by atoms with Crippen LogP contribution in [0.4, 0.5) is 5.69 Å². The molecular weight excluding hydrogens is 240 g/mol. The minimum atomic E-state index is 0.00558. The van der Waals surface area contributed by atoms with Crippen LogP contribution in [0, 0.1) is 5.92 Å². The van der Waals surface area contributed by atoms with Crippen molar-refractivity contribution < 1.29 is 0 Å². The van der Waals surface area contributed by atoms with Crippen molar-refractivity contribution in [1.29, 1.82) is 0 Å². The van der Waals surface area contributed by atoms with Gasteiger partial charge in [0.15, 0.2) is 0 Å². The molecule has 0 saturated carbocycles. The predicted molar refractivity (Wildman–Crippen MR) is 77.7 cm³/mol. The van der Waals surface area contributed by atoms with Gasteiger partial charge in [0.25, 0.3) is 5.56 Å². The number of hydrogen-bond acceptors (Lipinski definition) is 4. The molecule has 0 aromatic carbocycles. The second-order valence-corrected chi connectivity index (χ2v) is 5.44. The van der Waals surface area contributed by atoms with Crippen LogP contribution in [0.15, 0.2) is 17.1 Å². The molecule has 1 atom stereocenters. The molecule has 19 heavy (non-hydrogen) atoms. The van der Waals surface area contributed by atoms with Crippen LogP contribution in [0.3, 0.4) is 0 Å². The summed E-state index contributed by atoms with van der Waals surface area (Å²) < 4.78 is 1.56. The maximum atomic E-state index is 12.1. The van der Waals surface area contributed by atoms with E-state index in [0.29, 0.717) is 12.5 Å². The Morgan fingerprint density at radius 3 is 2.74 bits per heavy atom. The molecule has 5 heteroatoms. The van der Waals surface area contributed by atoms with Gasteiger partial charge in [0, 0.05) is 25.7 Å². The molecule has 2 rings (SSSR count). The van der Waals surface area contributed by atoms with Crippen molar-refractivity contribution in [3.63, 3.8) is 0 Å². The van der Waals surface area contributed by atoms with Crippen molar-refractivity contribution in [2.75, 3.05) is 31.6 Å². The van der Waals surface area contributed by atoms with Crippen molar-refractivity contribution in [2.24, 2.45) is 5.92 Å². The van der Waals surface area contributed by atoms with Crippen LogP contribution in [0.1, 0.15) is 26.2 Å². The molecule has 1 aliphatic heterocycles.